The topological polar surface area (TPSA) is 68.0 Å². The number of hydrogen-bond donors (Lipinski definition) is 2. The number of carbonyl (C=O) groups excluding carboxylic acids is 1. The lowest BCUT2D eigenvalue weighted by Gasteiger charge is -2.12. The summed E-state index contributed by atoms with van der Waals surface area (Å²) in [5, 5.41) is 4.73. The zero-order chi connectivity index (χ0) is 14.8. The Balaban J connectivity index is 2.11. The first-order valence-corrected chi connectivity index (χ1v) is 6.73. The van der Waals surface area contributed by atoms with Crippen molar-refractivity contribution in [1.29, 1.82) is 0 Å². The number of rotatable bonds is 3. The lowest BCUT2D eigenvalue weighted by atomic mass is 10.1. The molecule has 3 N–H and O–H groups in total. The van der Waals surface area contributed by atoms with Crippen molar-refractivity contribution in [3.63, 3.8) is 0 Å². The number of carbonyl (C=O) groups is 1. The van der Waals surface area contributed by atoms with E-state index in [4.69, 9.17) is 17.3 Å². The third kappa shape index (κ3) is 2.66. The first kappa shape index (κ1) is 13.4. The minimum atomic E-state index is -0.477. The first-order chi connectivity index (χ1) is 10.1. The average molecular weight is 298 g/mol. The minimum Gasteiger partial charge on any atom is -0.366 e. The lowest BCUT2D eigenvalue weighted by Crippen LogP contribution is -2.13. The fraction of sp³-hybridized carbons (Fsp3) is 0. The number of aromatic nitrogens is 1. The van der Waals surface area contributed by atoms with Crippen molar-refractivity contribution in [2.24, 2.45) is 5.73 Å². The van der Waals surface area contributed by atoms with Gasteiger partial charge >= 0.3 is 0 Å². The number of primary amides is 1. The van der Waals surface area contributed by atoms with E-state index in [-0.39, 0.29) is 0 Å². The molecule has 1 aromatic heterocycles. The Morgan fingerprint density at radius 2 is 1.90 bits per heavy atom. The second kappa shape index (κ2) is 5.42. The molecule has 0 aliphatic rings. The maximum absolute atomic E-state index is 11.5. The van der Waals surface area contributed by atoms with Crippen molar-refractivity contribution in [3.8, 4) is 0 Å². The number of benzene rings is 2. The van der Waals surface area contributed by atoms with Crippen molar-refractivity contribution in [2.75, 3.05) is 5.32 Å². The molecule has 21 heavy (non-hydrogen) atoms. The van der Waals surface area contributed by atoms with Gasteiger partial charge in [0, 0.05) is 22.3 Å². The Morgan fingerprint density at radius 3 is 2.71 bits per heavy atom. The van der Waals surface area contributed by atoms with Gasteiger partial charge in [0.15, 0.2) is 0 Å². The summed E-state index contributed by atoms with van der Waals surface area (Å²) in [6.45, 7) is 0. The molecule has 0 radical (unpaired) electrons. The van der Waals surface area contributed by atoms with Crippen LogP contribution >= 0.6 is 11.6 Å². The lowest BCUT2D eigenvalue weighted by molar-refractivity contribution is 0.100. The van der Waals surface area contributed by atoms with Gasteiger partial charge in [0.1, 0.15) is 0 Å². The molecule has 0 bridgehead atoms. The van der Waals surface area contributed by atoms with Gasteiger partial charge < -0.3 is 11.1 Å². The van der Waals surface area contributed by atoms with Crippen LogP contribution in [0.15, 0.2) is 54.7 Å². The van der Waals surface area contributed by atoms with Crippen molar-refractivity contribution in [3.05, 3.63) is 65.3 Å². The molecule has 0 fully saturated rings. The van der Waals surface area contributed by atoms with Gasteiger partial charge in [-0.25, -0.2) is 0 Å². The molecular formula is C16H12ClN3O. The summed E-state index contributed by atoms with van der Waals surface area (Å²) < 4.78 is 0. The standard InChI is InChI=1S/C16H12ClN3O/c17-10-5-6-13-12(9-10)15(7-8-19-13)20-14-4-2-1-3-11(14)16(18)21/h1-9H,(H2,18,21)(H,19,20). The zero-order valence-corrected chi connectivity index (χ0v) is 11.8. The highest BCUT2D eigenvalue weighted by atomic mass is 35.5. The van der Waals surface area contributed by atoms with Crippen LogP contribution in [0.2, 0.25) is 5.02 Å². The number of anilines is 2. The van der Waals surface area contributed by atoms with Gasteiger partial charge in [-0.2, -0.15) is 0 Å². The number of nitrogens with zero attached hydrogens (tertiary/aromatic N) is 1. The molecule has 3 aromatic rings. The van der Waals surface area contributed by atoms with E-state index in [1.807, 2.05) is 24.3 Å². The van der Waals surface area contributed by atoms with Crippen LogP contribution in [0.5, 0.6) is 0 Å². The molecule has 5 heteroatoms. The fourth-order valence-electron chi connectivity index (χ4n) is 2.18. The van der Waals surface area contributed by atoms with E-state index in [1.54, 1.807) is 30.5 Å². The Bertz CT molecular complexity index is 833. The largest absolute Gasteiger partial charge is 0.366 e. The van der Waals surface area contributed by atoms with Crippen LogP contribution in [0.4, 0.5) is 11.4 Å². The fourth-order valence-corrected chi connectivity index (χ4v) is 2.35. The maximum Gasteiger partial charge on any atom is 0.250 e. The van der Waals surface area contributed by atoms with E-state index < -0.39 is 5.91 Å². The first-order valence-electron chi connectivity index (χ1n) is 6.35. The molecule has 0 unspecified atom stereocenters. The van der Waals surface area contributed by atoms with Crippen LogP contribution in [0.25, 0.3) is 10.9 Å². The van der Waals surface area contributed by atoms with E-state index >= 15 is 0 Å². The normalized spacial score (nSPS) is 10.5. The van der Waals surface area contributed by atoms with Crippen LogP contribution in [0.3, 0.4) is 0 Å². The summed E-state index contributed by atoms with van der Waals surface area (Å²) in [5.74, 6) is -0.477. The molecule has 104 valence electrons. The molecule has 0 saturated heterocycles. The number of amides is 1. The summed E-state index contributed by atoms with van der Waals surface area (Å²) >= 11 is 6.05. The number of fused-ring (bicyclic) bond motifs is 1. The van der Waals surface area contributed by atoms with Crippen LogP contribution in [0, 0.1) is 0 Å². The van der Waals surface area contributed by atoms with Gasteiger partial charge in [-0.3, -0.25) is 9.78 Å². The molecule has 0 aliphatic carbocycles. The second-order valence-corrected chi connectivity index (χ2v) is 4.99. The molecular weight excluding hydrogens is 286 g/mol. The van der Waals surface area contributed by atoms with Gasteiger partial charge in [-0.05, 0) is 36.4 Å². The van der Waals surface area contributed by atoms with Gasteiger partial charge in [0.2, 0.25) is 0 Å². The molecule has 0 spiro atoms. The average Bonchev–Trinajstić information content (AvgIpc) is 2.48. The summed E-state index contributed by atoms with van der Waals surface area (Å²) in [6, 6.07) is 14.4. The van der Waals surface area contributed by atoms with Crippen molar-refractivity contribution < 1.29 is 4.79 Å². The summed E-state index contributed by atoms with van der Waals surface area (Å²) in [5.41, 5.74) is 8.11. The number of nitrogens with one attached hydrogen (secondary N) is 1. The number of halogens is 1. The van der Waals surface area contributed by atoms with Gasteiger partial charge in [0.25, 0.3) is 5.91 Å². The molecule has 1 heterocycles. The number of nitrogens with two attached hydrogens (primary N) is 1. The van der Waals surface area contributed by atoms with Gasteiger partial charge in [-0.15, -0.1) is 0 Å². The van der Waals surface area contributed by atoms with E-state index in [0.717, 1.165) is 16.6 Å². The third-order valence-electron chi connectivity index (χ3n) is 3.17. The highest BCUT2D eigenvalue weighted by molar-refractivity contribution is 6.31. The Morgan fingerprint density at radius 1 is 1.10 bits per heavy atom. The molecule has 2 aromatic carbocycles. The smallest absolute Gasteiger partial charge is 0.250 e. The number of para-hydroxylation sites is 1. The monoisotopic (exact) mass is 297 g/mol. The van der Waals surface area contributed by atoms with E-state index in [2.05, 4.69) is 10.3 Å². The van der Waals surface area contributed by atoms with E-state index in [9.17, 15) is 4.79 Å². The van der Waals surface area contributed by atoms with Crippen LogP contribution in [-0.2, 0) is 0 Å². The quantitative estimate of drug-likeness (QED) is 0.774. The SMILES string of the molecule is NC(=O)c1ccccc1Nc1ccnc2ccc(Cl)cc12. The molecule has 3 rings (SSSR count). The Labute approximate surface area is 126 Å². The van der Waals surface area contributed by atoms with E-state index in [0.29, 0.717) is 16.3 Å². The van der Waals surface area contributed by atoms with Gasteiger partial charge in [-0.1, -0.05) is 23.7 Å². The molecule has 0 aliphatic heterocycles. The molecule has 1 amide bonds. The van der Waals surface area contributed by atoms with Crippen molar-refractivity contribution in [2.45, 2.75) is 0 Å². The van der Waals surface area contributed by atoms with Crippen molar-refractivity contribution >= 4 is 39.8 Å². The minimum absolute atomic E-state index is 0.435. The zero-order valence-electron chi connectivity index (χ0n) is 11.0. The predicted octanol–water partition coefficient (Wildman–Crippen LogP) is 3.73. The number of hydrogen-bond acceptors (Lipinski definition) is 3. The second-order valence-electron chi connectivity index (χ2n) is 4.55. The highest BCUT2D eigenvalue weighted by Gasteiger charge is 2.09. The predicted molar refractivity (Wildman–Crippen MR) is 85.0 cm³/mol. The maximum atomic E-state index is 11.5. The van der Waals surface area contributed by atoms with E-state index in [1.165, 1.54) is 0 Å². The third-order valence-corrected chi connectivity index (χ3v) is 3.40. The van der Waals surface area contributed by atoms with Gasteiger partial charge in [0.05, 0.1) is 16.8 Å². The summed E-state index contributed by atoms with van der Waals surface area (Å²) in [6.07, 6.45) is 1.70. The van der Waals surface area contributed by atoms with Crippen LogP contribution in [0.1, 0.15) is 10.4 Å². The van der Waals surface area contributed by atoms with Crippen LogP contribution < -0.4 is 11.1 Å². The van der Waals surface area contributed by atoms with Crippen LogP contribution in [-0.4, -0.2) is 10.9 Å². The Kier molecular flexibility index (Phi) is 3.46. The summed E-state index contributed by atoms with van der Waals surface area (Å²) in [4.78, 5) is 15.8. The number of pyridine rings is 1. The Hall–Kier alpha value is -2.59. The molecule has 4 nitrogen and oxygen atoms in total. The highest BCUT2D eigenvalue weighted by Crippen LogP contribution is 2.28. The molecule has 0 atom stereocenters. The molecule has 0 saturated carbocycles. The summed E-state index contributed by atoms with van der Waals surface area (Å²) in [7, 11) is 0. The van der Waals surface area contributed by atoms with Crippen molar-refractivity contribution in [1.82, 2.24) is 4.98 Å².